The standard InChI is InChI=1S/C36H48N6O5/c1-6-47-22-21-42-31-13-8-7-12-30(31)39-36(42)38-28-15-19-41(20-16-28)18-14-26(29-11-9-10-17-37-29)25-40(2)35(43)27-23-32(44-3)34(46-5)33(24-27)45-4/h7-13,17,23-24,26,28H,6,14-16,18-22,25H2,1-5H3,(H,38,39). The average molecular weight is 645 g/mol. The summed E-state index contributed by atoms with van der Waals surface area (Å²) in [6, 6.07) is 18.0. The number of nitrogens with zero attached hydrogens (tertiary/aromatic N) is 5. The number of carbonyl (C=O) groups is 1. The highest BCUT2D eigenvalue weighted by atomic mass is 16.5. The summed E-state index contributed by atoms with van der Waals surface area (Å²) in [5.74, 6) is 2.23. The van der Waals surface area contributed by atoms with Gasteiger partial charge in [-0.25, -0.2) is 4.98 Å². The molecule has 2 aromatic heterocycles. The lowest BCUT2D eigenvalue weighted by Gasteiger charge is -2.34. The molecule has 0 spiro atoms. The van der Waals surface area contributed by atoms with Crippen molar-refractivity contribution in [2.75, 3.05) is 73.1 Å². The molecule has 3 heterocycles. The maximum Gasteiger partial charge on any atom is 0.253 e. The van der Waals surface area contributed by atoms with Crippen LogP contribution in [0.4, 0.5) is 5.95 Å². The van der Waals surface area contributed by atoms with E-state index in [2.05, 4.69) is 44.0 Å². The fourth-order valence-corrected chi connectivity index (χ4v) is 6.32. The summed E-state index contributed by atoms with van der Waals surface area (Å²) in [7, 11) is 6.48. The molecule has 0 aliphatic carbocycles. The number of benzene rings is 2. The van der Waals surface area contributed by atoms with Gasteiger partial charge in [0.15, 0.2) is 11.5 Å². The van der Waals surface area contributed by atoms with Gasteiger partial charge in [-0.15, -0.1) is 0 Å². The van der Waals surface area contributed by atoms with E-state index in [1.165, 1.54) is 0 Å². The summed E-state index contributed by atoms with van der Waals surface area (Å²) < 4.78 is 24.3. The first-order chi connectivity index (χ1) is 22.9. The van der Waals surface area contributed by atoms with E-state index in [9.17, 15) is 4.79 Å². The second-order valence-electron chi connectivity index (χ2n) is 11.9. The zero-order valence-electron chi connectivity index (χ0n) is 28.3. The van der Waals surface area contributed by atoms with Crippen LogP contribution in [0.2, 0.25) is 0 Å². The third kappa shape index (κ3) is 8.33. The molecule has 1 atom stereocenters. The number of rotatable bonds is 16. The fourth-order valence-electron chi connectivity index (χ4n) is 6.32. The molecule has 4 aromatic rings. The number of hydrogen-bond donors (Lipinski definition) is 1. The molecule has 1 aliphatic rings. The summed E-state index contributed by atoms with van der Waals surface area (Å²) in [4.78, 5) is 27.5. The molecule has 0 bridgehead atoms. The Bertz CT molecular complexity index is 1560. The molecule has 1 amide bonds. The van der Waals surface area contributed by atoms with Crippen molar-refractivity contribution < 1.29 is 23.7 Å². The SMILES string of the molecule is CCOCCn1c(NC2CCN(CCC(CN(C)C(=O)c3cc(OC)c(OC)c(OC)c3)c3ccccn3)CC2)nc2ccccc21. The van der Waals surface area contributed by atoms with E-state index in [-0.39, 0.29) is 11.8 Å². The van der Waals surface area contributed by atoms with Gasteiger partial charge in [-0.2, -0.15) is 0 Å². The predicted octanol–water partition coefficient (Wildman–Crippen LogP) is 5.32. The highest BCUT2D eigenvalue weighted by Crippen LogP contribution is 2.38. The third-order valence-corrected chi connectivity index (χ3v) is 8.89. The number of pyridine rings is 1. The molecule has 1 unspecified atom stereocenters. The van der Waals surface area contributed by atoms with Gasteiger partial charge in [-0.1, -0.05) is 18.2 Å². The van der Waals surface area contributed by atoms with E-state index in [4.69, 9.17) is 23.9 Å². The van der Waals surface area contributed by atoms with Crippen molar-refractivity contribution in [1.29, 1.82) is 0 Å². The summed E-state index contributed by atoms with van der Waals surface area (Å²) in [5, 5.41) is 3.74. The second-order valence-corrected chi connectivity index (χ2v) is 11.9. The summed E-state index contributed by atoms with van der Waals surface area (Å²) >= 11 is 0. The molecule has 11 nitrogen and oxygen atoms in total. The minimum atomic E-state index is -0.121. The zero-order chi connectivity index (χ0) is 33.2. The van der Waals surface area contributed by atoms with E-state index in [1.54, 1.807) is 38.4 Å². The van der Waals surface area contributed by atoms with Gasteiger partial charge in [-0.3, -0.25) is 9.78 Å². The van der Waals surface area contributed by atoms with Crippen molar-refractivity contribution in [3.05, 3.63) is 72.1 Å². The number of ether oxygens (including phenoxy) is 4. The fraction of sp³-hybridized carbons (Fsp3) is 0.472. The van der Waals surface area contributed by atoms with Crippen molar-refractivity contribution in [3.8, 4) is 17.2 Å². The van der Waals surface area contributed by atoms with Gasteiger partial charge in [-0.05, 0) is 69.1 Å². The number of anilines is 1. The number of carbonyl (C=O) groups excluding carboxylic acids is 1. The van der Waals surface area contributed by atoms with E-state index >= 15 is 0 Å². The quantitative estimate of drug-likeness (QED) is 0.163. The number of likely N-dealkylation sites (N-methyl/N-ethyl adjacent to an activating group) is 1. The molecule has 0 saturated carbocycles. The molecule has 11 heteroatoms. The van der Waals surface area contributed by atoms with E-state index in [0.29, 0.717) is 48.6 Å². The Labute approximate surface area is 277 Å². The van der Waals surface area contributed by atoms with E-state index < -0.39 is 0 Å². The molecule has 2 aromatic carbocycles. The maximum absolute atomic E-state index is 13.6. The van der Waals surface area contributed by atoms with E-state index in [1.807, 2.05) is 38.4 Å². The normalized spacial score (nSPS) is 14.6. The Morgan fingerprint density at radius 1 is 1.00 bits per heavy atom. The number of hydrogen-bond acceptors (Lipinski definition) is 9. The first-order valence-corrected chi connectivity index (χ1v) is 16.4. The number of piperidine rings is 1. The number of likely N-dealkylation sites (tertiary alicyclic amines) is 1. The number of nitrogens with one attached hydrogen (secondary N) is 1. The lowest BCUT2D eigenvalue weighted by atomic mass is 9.98. The number of para-hydroxylation sites is 2. The molecule has 1 fully saturated rings. The molecule has 47 heavy (non-hydrogen) atoms. The molecule has 1 N–H and O–H groups in total. The molecular formula is C36H48N6O5. The molecule has 252 valence electrons. The number of fused-ring (bicyclic) bond motifs is 1. The van der Waals surface area contributed by atoms with E-state index in [0.717, 1.165) is 68.1 Å². The topological polar surface area (TPSA) is 103 Å². The zero-order valence-corrected chi connectivity index (χ0v) is 28.3. The summed E-state index contributed by atoms with van der Waals surface area (Å²) in [6.07, 6.45) is 4.77. The Balaban J connectivity index is 1.20. The Morgan fingerprint density at radius 2 is 1.72 bits per heavy atom. The molecule has 0 radical (unpaired) electrons. The van der Waals surface area contributed by atoms with Gasteiger partial charge >= 0.3 is 0 Å². The van der Waals surface area contributed by atoms with Crippen LogP contribution >= 0.6 is 0 Å². The highest BCUT2D eigenvalue weighted by Gasteiger charge is 2.25. The lowest BCUT2D eigenvalue weighted by Crippen LogP contribution is -2.41. The van der Waals surface area contributed by atoms with Gasteiger partial charge in [0.2, 0.25) is 11.7 Å². The van der Waals surface area contributed by atoms with Crippen LogP contribution in [0, 0.1) is 0 Å². The van der Waals surface area contributed by atoms with Gasteiger partial charge in [0.25, 0.3) is 5.91 Å². The van der Waals surface area contributed by atoms with Crippen LogP contribution in [0.1, 0.15) is 48.2 Å². The first kappa shape index (κ1) is 34.0. The van der Waals surface area contributed by atoms with Crippen LogP contribution in [0.5, 0.6) is 17.2 Å². The van der Waals surface area contributed by atoms with Crippen molar-refractivity contribution >= 4 is 22.9 Å². The third-order valence-electron chi connectivity index (χ3n) is 8.89. The predicted molar refractivity (Wildman–Crippen MR) is 184 cm³/mol. The molecule has 5 rings (SSSR count). The monoisotopic (exact) mass is 644 g/mol. The van der Waals surface area contributed by atoms with Crippen LogP contribution in [-0.4, -0.2) is 104 Å². The molecule has 1 aliphatic heterocycles. The number of amides is 1. The van der Waals surface area contributed by atoms with Crippen LogP contribution < -0.4 is 19.5 Å². The smallest absolute Gasteiger partial charge is 0.253 e. The van der Waals surface area contributed by atoms with Gasteiger partial charge in [0.05, 0.1) is 39.0 Å². The van der Waals surface area contributed by atoms with Crippen molar-refractivity contribution in [2.24, 2.45) is 0 Å². The van der Waals surface area contributed by atoms with Gasteiger partial charge < -0.3 is 38.6 Å². The number of methoxy groups -OCH3 is 3. The highest BCUT2D eigenvalue weighted by molar-refractivity contribution is 5.95. The van der Waals surface area contributed by atoms with Crippen molar-refractivity contribution in [1.82, 2.24) is 24.3 Å². The summed E-state index contributed by atoms with van der Waals surface area (Å²) in [6.45, 7) is 7.58. The Hall–Kier alpha value is -4.35. The minimum absolute atomic E-state index is 0.0771. The molecular weight excluding hydrogens is 596 g/mol. The average Bonchev–Trinajstić information content (AvgIpc) is 3.46. The lowest BCUT2D eigenvalue weighted by molar-refractivity contribution is 0.0780. The van der Waals surface area contributed by atoms with Crippen molar-refractivity contribution in [3.63, 3.8) is 0 Å². The van der Waals surface area contributed by atoms with Crippen LogP contribution in [-0.2, 0) is 11.3 Å². The van der Waals surface area contributed by atoms with Crippen molar-refractivity contribution in [2.45, 2.75) is 44.7 Å². The van der Waals surface area contributed by atoms with Gasteiger partial charge in [0.1, 0.15) is 0 Å². The van der Waals surface area contributed by atoms with Crippen LogP contribution in [0.3, 0.4) is 0 Å². The summed E-state index contributed by atoms with van der Waals surface area (Å²) in [5.41, 5.74) is 3.59. The number of aromatic nitrogens is 3. The second kappa shape index (κ2) is 16.5. The number of imidazole rings is 1. The minimum Gasteiger partial charge on any atom is -0.493 e. The van der Waals surface area contributed by atoms with Gasteiger partial charge in [0, 0.05) is 69.2 Å². The van der Waals surface area contributed by atoms with Crippen LogP contribution in [0.25, 0.3) is 11.0 Å². The largest absolute Gasteiger partial charge is 0.493 e. The molecule has 1 saturated heterocycles. The Morgan fingerprint density at radius 3 is 2.38 bits per heavy atom. The van der Waals surface area contributed by atoms with Crippen LogP contribution in [0.15, 0.2) is 60.8 Å². The first-order valence-electron chi connectivity index (χ1n) is 16.4. The Kier molecular flexibility index (Phi) is 11.9. The maximum atomic E-state index is 13.6.